The second kappa shape index (κ2) is 69.6. The zero-order valence-corrected chi connectivity index (χ0v) is 59.6. The SMILES string of the molecule is CCCCCCCCCCCCCCCC(=O)OCC(CN(CCCCC(N)C(=O)OC)CC(COC(=O)CCCCCCCCCCCCCCC)OC(=O)CCCCCCCCCCCCCCC)OC(=O)CCCCCCCCCCCCCCC. The standard InChI is InChI=1S/C77H148N2O10/c1-6-10-14-18-22-26-30-34-38-42-46-50-54-61-73(80)86-68-70(88-75(82)63-56-52-48-44-40-36-32-28-24-20-16-12-8-3)66-79(65-59-58-60-72(78)77(84)85-5)67-71(89-76(83)64-57-53-49-45-41-37-33-29-25-21-17-13-9-4)69-87-74(81)62-55-51-47-43-39-35-31-27-23-19-15-11-7-2/h70-72H,6-69,78H2,1-5H3. The van der Waals surface area contributed by atoms with Gasteiger partial charge in [-0.3, -0.25) is 28.9 Å². The topological polar surface area (TPSA) is 161 Å². The molecule has 0 aromatic rings. The van der Waals surface area contributed by atoms with Gasteiger partial charge in [0.05, 0.1) is 7.11 Å². The number of unbranched alkanes of at least 4 members (excludes halogenated alkanes) is 49. The van der Waals surface area contributed by atoms with Gasteiger partial charge in [0.2, 0.25) is 0 Å². The van der Waals surface area contributed by atoms with E-state index in [1.807, 2.05) is 0 Å². The van der Waals surface area contributed by atoms with Crippen molar-refractivity contribution >= 4 is 29.8 Å². The van der Waals surface area contributed by atoms with Crippen LogP contribution in [0.25, 0.3) is 0 Å². The number of carbonyl (C=O) groups excluding carboxylic acids is 5. The van der Waals surface area contributed by atoms with Gasteiger partial charge in [-0.1, -0.05) is 342 Å². The summed E-state index contributed by atoms with van der Waals surface area (Å²) in [5, 5.41) is 0. The highest BCUT2D eigenvalue weighted by Crippen LogP contribution is 2.20. The van der Waals surface area contributed by atoms with Crippen molar-refractivity contribution in [1.29, 1.82) is 0 Å². The molecule has 0 amide bonds. The summed E-state index contributed by atoms with van der Waals surface area (Å²) in [4.78, 5) is 68.4. The Hall–Kier alpha value is -2.73. The number of nitrogens with zero attached hydrogens (tertiary/aromatic N) is 1. The Morgan fingerprint density at radius 1 is 0.303 bits per heavy atom. The van der Waals surface area contributed by atoms with Crippen molar-refractivity contribution < 1.29 is 47.7 Å². The first kappa shape index (κ1) is 86.3. The minimum atomic E-state index is -0.780. The lowest BCUT2D eigenvalue weighted by Crippen LogP contribution is -2.44. The summed E-state index contributed by atoms with van der Waals surface area (Å²) < 4.78 is 29.2. The fourth-order valence-corrected chi connectivity index (χ4v) is 12.2. The highest BCUT2D eigenvalue weighted by molar-refractivity contribution is 5.75. The molecule has 0 rings (SSSR count). The van der Waals surface area contributed by atoms with Gasteiger partial charge in [-0.25, -0.2) is 0 Å². The molecule has 0 fully saturated rings. The molecule has 526 valence electrons. The van der Waals surface area contributed by atoms with E-state index in [1.165, 1.54) is 264 Å². The lowest BCUT2D eigenvalue weighted by atomic mass is 10.0. The first-order chi connectivity index (χ1) is 43.6. The maximum absolute atomic E-state index is 13.7. The van der Waals surface area contributed by atoms with Gasteiger partial charge in [0, 0.05) is 38.8 Å². The maximum atomic E-state index is 13.7. The van der Waals surface area contributed by atoms with E-state index in [-0.39, 0.29) is 63.0 Å². The molecule has 3 atom stereocenters. The van der Waals surface area contributed by atoms with E-state index in [9.17, 15) is 24.0 Å². The Balaban J connectivity index is 6.03. The van der Waals surface area contributed by atoms with Crippen LogP contribution in [0.2, 0.25) is 0 Å². The van der Waals surface area contributed by atoms with Gasteiger partial charge in [0.1, 0.15) is 31.5 Å². The van der Waals surface area contributed by atoms with Crippen LogP contribution in [0.3, 0.4) is 0 Å². The van der Waals surface area contributed by atoms with Crippen LogP contribution in [-0.2, 0) is 47.7 Å². The summed E-state index contributed by atoms with van der Waals surface area (Å²) in [5.41, 5.74) is 6.16. The number of hydrogen-bond donors (Lipinski definition) is 1. The van der Waals surface area contributed by atoms with Crippen molar-refractivity contribution in [3.8, 4) is 0 Å². The number of ether oxygens (including phenoxy) is 5. The summed E-state index contributed by atoms with van der Waals surface area (Å²) >= 11 is 0. The zero-order chi connectivity index (χ0) is 65.0. The molecule has 0 radical (unpaired) electrons. The summed E-state index contributed by atoms with van der Waals surface area (Å²) in [6.07, 6.45) is 64.5. The summed E-state index contributed by atoms with van der Waals surface area (Å²) in [7, 11) is 1.34. The Labute approximate surface area is 550 Å². The average Bonchev–Trinajstić information content (AvgIpc) is 3.72. The number of esters is 5. The van der Waals surface area contributed by atoms with Crippen LogP contribution in [0.15, 0.2) is 0 Å². The van der Waals surface area contributed by atoms with Crippen LogP contribution in [-0.4, -0.2) is 93.0 Å². The van der Waals surface area contributed by atoms with Crippen LogP contribution in [0.4, 0.5) is 0 Å². The molecule has 89 heavy (non-hydrogen) atoms. The predicted octanol–water partition coefficient (Wildman–Crippen LogP) is 21.8. The fourth-order valence-electron chi connectivity index (χ4n) is 12.2. The fraction of sp³-hybridized carbons (Fsp3) is 0.935. The third kappa shape index (κ3) is 63.8. The van der Waals surface area contributed by atoms with Gasteiger partial charge in [0.25, 0.3) is 0 Å². The Kier molecular flexibility index (Phi) is 67.5. The molecular formula is C77H148N2O10. The molecular weight excluding hydrogens is 1110 g/mol. The van der Waals surface area contributed by atoms with E-state index in [0.717, 1.165) is 77.0 Å². The minimum Gasteiger partial charge on any atom is -0.468 e. The largest absolute Gasteiger partial charge is 0.468 e. The molecule has 0 aromatic carbocycles. The van der Waals surface area contributed by atoms with E-state index in [4.69, 9.17) is 29.4 Å². The predicted molar refractivity (Wildman–Crippen MR) is 373 cm³/mol. The highest BCUT2D eigenvalue weighted by Gasteiger charge is 2.26. The number of methoxy groups -OCH3 is 1. The molecule has 2 N–H and O–H groups in total. The lowest BCUT2D eigenvalue weighted by molar-refractivity contribution is -0.163. The van der Waals surface area contributed by atoms with E-state index in [0.29, 0.717) is 38.6 Å². The van der Waals surface area contributed by atoms with Crippen LogP contribution < -0.4 is 5.73 Å². The number of hydrogen-bond acceptors (Lipinski definition) is 12. The first-order valence-corrected chi connectivity index (χ1v) is 38.9. The molecule has 0 heterocycles. The Morgan fingerprint density at radius 3 is 0.764 bits per heavy atom. The van der Waals surface area contributed by atoms with Gasteiger partial charge in [-0.05, 0) is 45.1 Å². The minimum absolute atomic E-state index is 0.0943. The van der Waals surface area contributed by atoms with E-state index in [2.05, 4.69) is 32.6 Å². The smallest absolute Gasteiger partial charge is 0.322 e. The Morgan fingerprint density at radius 2 is 0.528 bits per heavy atom. The van der Waals surface area contributed by atoms with E-state index >= 15 is 0 Å². The van der Waals surface area contributed by atoms with Gasteiger partial charge >= 0.3 is 29.8 Å². The highest BCUT2D eigenvalue weighted by atomic mass is 16.6. The first-order valence-electron chi connectivity index (χ1n) is 38.9. The van der Waals surface area contributed by atoms with Crippen molar-refractivity contribution in [2.24, 2.45) is 5.73 Å². The second-order valence-electron chi connectivity index (χ2n) is 26.9. The molecule has 0 saturated carbocycles. The van der Waals surface area contributed by atoms with E-state index < -0.39 is 24.2 Å². The van der Waals surface area contributed by atoms with Crippen molar-refractivity contribution in [1.82, 2.24) is 4.90 Å². The monoisotopic (exact) mass is 1260 g/mol. The molecule has 0 aromatic heterocycles. The van der Waals surface area contributed by atoms with Crippen molar-refractivity contribution in [3.05, 3.63) is 0 Å². The third-order valence-corrected chi connectivity index (χ3v) is 18.1. The average molecular weight is 1260 g/mol. The molecule has 0 spiro atoms. The number of rotatable bonds is 72. The van der Waals surface area contributed by atoms with Crippen LogP contribution >= 0.6 is 0 Å². The maximum Gasteiger partial charge on any atom is 0.322 e. The molecule has 12 heteroatoms. The molecule has 0 aliphatic carbocycles. The van der Waals surface area contributed by atoms with Crippen LogP contribution in [0.5, 0.6) is 0 Å². The van der Waals surface area contributed by atoms with Crippen molar-refractivity contribution in [3.63, 3.8) is 0 Å². The normalized spacial score (nSPS) is 12.5. The molecule has 0 bridgehead atoms. The zero-order valence-electron chi connectivity index (χ0n) is 59.6. The Bertz CT molecular complexity index is 1450. The lowest BCUT2D eigenvalue weighted by Gasteiger charge is -2.30. The number of nitrogens with two attached hydrogens (primary N) is 1. The molecule has 0 aliphatic heterocycles. The summed E-state index contributed by atoms with van der Waals surface area (Å²) in [6.45, 7) is 9.75. The third-order valence-electron chi connectivity index (χ3n) is 18.1. The molecule has 0 aliphatic rings. The molecule has 3 unspecified atom stereocenters. The van der Waals surface area contributed by atoms with Crippen LogP contribution in [0, 0.1) is 0 Å². The molecule has 12 nitrogen and oxygen atoms in total. The second-order valence-corrected chi connectivity index (χ2v) is 26.9. The van der Waals surface area contributed by atoms with Gasteiger partial charge in [-0.2, -0.15) is 0 Å². The summed E-state index contributed by atoms with van der Waals surface area (Å²) in [5.74, 6) is -1.71. The van der Waals surface area contributed by atoms with Crippen LogP contribution in [0.1, 0.15) is 407 Å². The molecule has 0 saturated heterocycles. The van der Waals surface area contributed by atoms with Crippen molar-refractivity contribution in [2.75, 3.05) is 40.0 Å². The van der Waals surface area contributed by atoms with E-state index in [1.54, 1.807) is 0 Å². The van der Waals surface area contributed by atoms with Crippen molar-refractivity contribution in [2.45, 2.75) is 425 Å². The number of carbonyl (C=O) groups is 5. The van der Waals surface area contributed by atoms with Gasteiger partial charge in [-0.15, -0.1) is 0 Å². The van der Waals surface area contributed by atoms with Gasteiger partial charge in [0.15, 0.2) is 0 Å². The quantitative estimate of drug-likeness (QED) is 0.0349. The van der Waals surface area contributed by atoms with Gasteiger partial charge < -0.3 is 29.4 Å². The summed E-state index contributed by atoms with van der Waals surface area (Å²) in [6, 6.07) is -0.755.